The van der Waals surface area contributed by atoms with Crippen LogP contribution in [0.25, 0.3) is 10.2 Å². The normalized spacial score (nSPS) is 24.0. The maximum Gasteiger partial charge on any atom is 0.257 e. The van der Waals surface area contributed by atoms with Gasteiger partial charge in [-0.3, -0.25) is 0 Å². The molecule has 2 aliphatic rings. The van der Waals surface area contributed by atoms with Gasteiger partial charge in [-0.2, -0.15) is 5.26 Å². The van der Waals surface area contributed by atoms with Crippen LogP contribution in [0.1, 0.15) is 19.3 Å². The molecule has 1 N–H and O–H groups in total. The van der Waals surface area contributed by atoms with Gasteiger partial charge in [0.15, 0.2) is 10.9 Å². The van der Waals surface area contributed by atoms with Crippen molar-refractivity contribution in [2.24, 2.45) is 5.92 Å². The average molecular weight is 392 g/mol. The van der Waals surface area contributed by atoms with E-state index in [1.54, 1.807) is 23.7 Å². The SMILES string of the molecule is N#CC1CCN(c2nccnc2OC2CC(Nc3nc4ccccc4s3)C2)C1. The lowest BCUT2D eigenvalue weighted by Crippen LogP contribution is -2.43. The first-order chi connectivity index (χ1) is 13.8. The molecule has 0 spiro atoms. The molecule has 2 fully saturated rings. The van der Waals surface area contributed by atoms with Gasteiger partial charge in [0.2, 0.25) is 0 Å². The number of hydrogen-bond donors (Lipinski definition) is 1. The lowest BCUT2D eigenvalue weighted by molar-refractivity contribution is 0.103. The first-order valence-electron chi connectivity index (χ1n) is 9.53. The molecule has 1 aromatic carbocycles. The molecule has 1 saturated carbocycles. The number of thiazole rings is 1. The van der Waals surface area contributed by atoms with Crippen molar-refractivity contribution in [2.45, 2.75) is 31.4 Å². The number of hydrogen-bond acceptors (Lipinski definition) is 8. The van der Waals surface area contributed by atoms with Crippen LogP contribution in [0.3, 0.4) is 0 Å². The summed E-state index contributed by atoms with van der Waals surface area (Å²) in [6, 6.07) is 10.9. The molecule has 142 valence electrons. The van der Waals surface area contributed by atoms with Crippen LogP contribution >= 0.6 is 11.3 Å². The van der Waals surface area contributed by atoms with Crippen LogP contribution in [-0.4, -0.2) is 40.2 Å². The van der Waals surface area contributed by atoms with E-state index in [0.29, 0.717) is 18.5 Å². The van der Waals surface area contributed by atoms with Gasteiger partial charge < -0.3 is 15.0 Å². The maximum absolute atomic E-state index is 9.13. The second-order valence-corrected chi connectivity index (χ2v) is 8.32. The number of anilines is 2. The van der Waals surface area contributed by atoms with Crippen LogP contribution in [-0.2, 0) is 0 Å². The second-order valence-electron chi connectivity index (χ2n) is 7.29. The Kier molecular flexibility index (Phi) is 4.45. The first-order valence-corrected chi connectivity index (χ1v) is 10.3. The van der Waals surface area contributed by atoms with E-state index in [1.165, 1.54) is 4.70 Å². The number of para-hydroxylation sites is 1. The second kappa shape index (κ2) is 7.24. The van der Waals surface area contributed by atoms with E-state index in [-0.39, 0.29) is 12.0 Å². The molecule has 1 saturated heterocycles. The Morgan fingerprint density at radius 2 is 2.07 bits per heavy atom. The number of nitrogens with zero attached hydrogens (tertiary/aromatic N) is 5. The Labute approximate surface area is 167 Å². The van der Waals surface area contributed by atoms with Crippen molar-refractivity contribution in [3.05, 3.63) is 36.7 Å². The van der Waals surface area contributed by atoms with Gasteiger partial charge in [0.1, 0.15) is 6.10 Å². The fraction of sp³-hybridized carbons (Fsp3) is 0.400. The number of rotatable bonds is 5. The zero-order valence-corrected chi connectivity index (χ0v) is 16.1. The Bertz CT molecular complexity index is 992. The van der Waals surface area contributed by atoms with Crippen molar-refractivity contribution in [3.63, 3.8) is 0 Å². The summed E-state index contributed by atoms with van der Waals surface area (Å²) < 4.78 is 7.33. The van der Waals surface area contributed by atoms with Gasteiger partial charge >= 0.3 is 0 Å². The summed E-state index contributed by atoms with van der Waals surface area (Å²) in [7, 11) is 0. The third-order valence-electron chi connectivity index (χ3n) is 5.31. The molecular weight excluding hydrogens is 372 g/mol. The topological polar surface area (TPSA) is 87.0 Å². The summed E-state index contributed by atoms with van der Waals surface area (Å²) in [6.07, 6.45) is 6.15. The molecule has 1 aliphatic heterocycles. The maximum atomic E-state index is 9.13. The fourth-order valence-corrected chi connectivity index (χ4v) is 4.66. The van der Waals surface area contributed by atoms with Gasteiger partial charge in [-0.05, 0) is 18.6 Å². The van der Waals surface area contributed by atoms with Gasteiger partial charge in [0.05, 0.1) is 22.2 Å². The van der Waals surface area contributed by atoms with E-state index in [0.717, 1.165) is 42.3 Å². The van der Waals surface area contributed by atoms with Crippen LogP contribution in [0.15, 0.2) is 36.7 Å². The zero-order chi connectivity index (χ0) is 18.9. The highest BCUT2D eigenvalue weighted by Crippen LogP contribution is 2.34. The molecule has 5 rings (SSSR count). The third-order valence-corrected chi connectivity index (χ3v) is 6.28. The van der Waals surface area contributed by atoms with E-state index in [2.05, 4.69) is 37.3 Å². The van der Waals surface area contributed by atoms with Crippen LogP contribution < -0.4 is 15.0 Å². The van der Waals surface area contributed by atoms with Crippen molar-refractivity contribution < 1.29 is 4.74 Å². The van der Waals surface area contributed by atoms with Crippen molar-refractivity contribution in [3.8, 4) is 11.9 Å². The number of nitrogens with one attached hydrogen (secondary N) is 1. The smallest absolute Gasteiger partial charge is 0.257 e. The largest absolute Gasteiger partial charge is 0.472 e. The van der Waals surface area contributed by atoms with Gasteiger partial charge in [-0.25, -0.2) is 15.0 Å². The van der Waals surface area contributed by atoms with Gasteiger partial charge in [0, 0.05) is 44.4 Å². The minimum Gasteiger partial charge on any atom is -0.472 e. The standard InChI is InChI=1S/C20H20N6OS/c21-11-13-5-8-26(12-13)18-19(23-7-6-22-18)27-15-9-14(10-15)24-20-25-16-3-1-2-4-17(16)28-20/h1-4,6-7,13-15H,5,8-10,12H2,(H,24,25). The molecule has 3 aromatic rings. The fourth-order valence-electron chi connectivity index (χ4n) is 3.72. The average Bonchev–Trinajstić information content (AvgIpc) is 3.33. The van der Waals surface area contributed by atoms with Crippen molar-refractivity contribution in [1.29, 1.82) is 5.26 Å². The number of ether oxygens (including phenoxy) is 1. The Morgan fingerprint density at radius 1 is 1.21 bits per heavy atom. The van der Waals surface area contributed by atoms with Crippen molar-refractivity contribution in [1.82, 2.24) is 15.0 Å². The minimum atomic E-state index is 0.0564. The molecular formula is C20H20N6OS. The van der Waals surface area contributed by atoms with Gasteiger partial charge in [0.25, 0.3) is 5.88 Å². The van der Waals surface area contributed by atoms with Crippen molar-refractivity contribution in [2.75, 3.05) is 23.3 Å². The highest BCUT2D eigenvalue weighted by molar-refractivity contribution is 7.22. The molecule has 1 unspecified atom stereocenters. The number of benzene rings is 1. The van der Waals surface area contributed by atoms with E-state index < -0.39 is 0 Å². The lowest BCUT2D eigenvalue weighted by Gasteiger charge is -2.35. The van der Waals surface area contributed by atoms with Crippen LogP contribution in [0.5, 0.6) is 5.88 Å². The highest BCUT2D eigenvalue weighted by Gasteiger charge is 2.34. The Balaban J connectivity index is 1.19. The predicted octanol–water partition coefficient (Wildman–Crippen LogP) is 3.46. The summed E-state index contributed by atoms with van der Waals surface area (Å²) >= 11 is 1.68. The number of nitriles is 1. The molecule has 0 bridgehead atoms. The summed E-state index contributed by atoms with van der Waals surface area (Å²) in [6.45, 7) is 1.51. The molecule has 3 heterocycles. The summed E-state index contributed by atoms with van der Waals surface area (Å²) in [5.74, 6) is 1.38. The summed E-state index contributed by atoms with van der Waals surface area (Å²) in [5, 5.41) is 13.6. The molecule has 2 aromatic heterocycles. The van der Waals surface area contributed by atoms with Crippen LogP contribution in [0.2, 0.25) is 0 Å². The van der Waals surface area contributed by atoms with E-state index >= 15 is 0 Å². The lowest BCUT2D eigenvalue weighted by atomic mass is 9.89. The summed E-state index contributed by atoms with van der Waals surface area (Å²) in [5.41, 5.74) is 1.03. The molecule has 1 aliphatic carbocycles. The zero-order valence-electron chi connectivity index (χ0n) is 15.3. The highest BCUT2D eigenvalue weighted by atomic mass is 32.1. The van der Waals surface area contributed by atoms with Gasteiger partial charge in [-0.15, -0.1) is 0 Å². The van der Waals surface area contributed by atoms with Crippen molar-refractivity contribution >= 4 is 32.5 Å². The molecule has 1 atom stereocenters. The number of fused-ring (bicyclic) bond motifs is 1. The predicted molar refractivity (Wildman–Crippen MR) is 109 cm³/mol. The molecule has 8 heteroatoms. The van der Waals surface area contributed by atoms with E-state index in [4.69, 9.17) is 10.00 Å². The third kappa shape index (κ3) is 3.34. The monoisotopic (exact) mass is 392 g/mol. The Hall–Kier alpha value is -2.92. The van der Waals surface area contributed by atoms with Gasteiger partial charge in [-0.1, -0.05) is 23.5 Å². The summed E-state index contributed by atoms with van der Waals surface area (Å²) in [4.78, 5) is 15.6. The minimum absolute atomic E-state index is 0.0564. The quantitative estimate of drug-likeness (QED) is 0.711. The van der Waals surface area contributed by atoms with E-state index in [9.17, 15) is 0 Å². The first kappa shape index (κ1) is 17.2. The Morgan fingerprint density at radius 3 is 2.89 bits per heavy atom. The molecule has 0 amide bonds. The molecule has 7 nitrogen and oxygen atoms in total. The number of aromatic nitrogens is 3. The molecule has 28 heavy (non-hydrogen) atoms. The molecule has 0 radical (unpaired) electrons. The van der Waals surface area contributed by atoms with E-state index in [1.807, 2.05) is 18.2 Å². The van der Waals surface area contributed by atoms with Crippen LogP contribution in [0.4, 0.5) is 10.9 Å². The van der Waals surface area contributed by atoms with Crippen LogP contribution in [0, 0.1) is 17.2 Å².